The molecule has 7 heteroatoms. The monoisotopic (exact) mass is 287 g/mol. The summed E-state index contributed by atoms with van der Waals surface area (Å²) in [5.41, 5.74) is 0. The Balaban J connectivity index is 1.87. The Morgan fingerprint density at radius 1 is 1.63 bits per heavy atom. The van der Waals surface area contributed by atoms with Crippen LogP contribution in [0.25, 0.3) is 0 Å². The predicted octanol–water partition coefficient (Wildman–Crippen LogP) is 0.400. The summed E-state index contributed by atoms with van der Waals surface area (Å²) in [7, 11) is -1.78. The van der Waals surface area contributed by atoms with Crippen molar-refractivity contribution in [3.8, 4) is 0 Å². The van der Waals surface area contributed by atoms with Gasteiger partial charge in [-0.1, -0.05) is 0 Å². The molecule has 1 aromatic heterocycles. The second kappa shape index (κ2) is 6.02. The molecule has 1 aliphatic rings. The minimum Gasteiger partial charge on any atom is -0.383 e. The largest absolute Gasteiger partial charge is 0.383 e. The number of nitrogens with one attached hydrogen (secondary N) is 1. The van der Waals surface area contributed by atoms with E-state index in [1.807, 2.05) is 6.20 Å². The van der Waals surface area contributed by atoms with Gasteiger partial charge in [0.25, 0.3) is 0 Å². The van der Waals surface area contributed by atoms with Gasteiger partial charge in [0.2, 0.25) is 10.0 Å². The summed E-state index contributed by atoms with van der Waals surface area (Å²) in [4.78, 5) is 4.26. The van der Waals surface area contributed by atoms with Gasteiger partial charge in [0, 0.05) is 39.0 Å². The van der Waals surface area contributed by atoms with E-state index >= 15 is 0 Å². The predicted molar refractivity (Wildman–Crippen MR) is 72.3 cm³/mol. The van der Waals surface area contributed by atoms with Crippen molar-refractivity contribution >= 4 is 10.0 Å². The molecule has 1 aliphatic heterocycles. The molecule has 1 N–H and O–H groups in total. The summed E-state index contributed by atoms with van der Waals surface area (Å²) >= 11 is 0. The molecule has 19 heavy (non-hydrogen) atoms. The van der Waals surface area contributed by atoms with Gasteiger partial charge in [-0.3, -0.25) is 0 Å². The molecule has 2 unspecified atom stereocenters. The van der Waals surface area contributed by atoms with Crippen LogP contribution >= 0.6 is 0 Å². The first kappa shape index (κ1) is 14.5. The zero-order chi connectivity index (χ0) is 13.9. The summed E-state index contributed by atoms with van der Waals surface area (Å²) in [6, 6.07) is 0. The number of hydrogen-bond acceptors (Lipinski definition) is 4. The van der Waals surface area contributed by atoms with Crippen molar-refractivity contribution in [1.82, 2.24) is 14.3 Å². The summed E-state index contributed by atoms with van der Waals surface area (Å²) in [5, 5.41) is -0.523. The Labute approximate surface area is 114 Å². The van der Waals surface area contributed by atoms with E-state index in [1.165, 1.54) is 7.11 Å². The highest BCUT2D eigenvalue weighted by Crippen LogP contribution is 2.18. The van der Waals surface area contributed by atoms with Gasteiger partial charge in [-0.2, -0.15) is 0 Å². The lowest BCUT2D eigenvalue weighted by molar-refractivity contribution is 0.200. The Morgan fingerprint density at radius 3 is 3.16 bits per heavy atom. The third-order valence-corrected chi connectivity index (χ3v) is 5.30. The Kier molecular flexibility index (Phi) is 4.59. The van der Waals surface area contributed by atoms with E-state index in [4.69, 9.17) is 4.74 Å². The molecule has 0 aromatic carbocycles. The average molecular weight is 287 g/mol. The number of ether oxygens (including phenoxy) is 1. The quantitative estimate of drug-likeness (QED) is 0.822. The van der Waals surface area contributed by atoms with Crippen LogP contribution in [0.3, 0.4) is 0 Å². The lowest BCUT2D eigenvalue weighted by Gasteiger charge is -2.24. The first-order valence-corrected chi connectivity index (χ1v) is 8.05. The number of hydrogen-bond donors (Lipinski definition) is 1. The van der Waals surface area contributed by atoms with E-state index in [0.29, 0.717) is 12.5 Å². The number of sulfonamides is 1. The van der Waals surface area contributed by atoms with Crippen molar-refractivity contribution in [3.63, 3.8) is 0 Å². The van der Waals surface area contributed by atoms with E-state index in [-0.39, 0.29) is 6.61 Å². The molecule has 2 heterocycles. The number of imidazole rings is 1. The van der Waals surface area contributed by atoms with Crippen molar-refractivity contribution in [3.05, 3.63) is 18.2 Å². The molecule has 2 atom stereocenters. The zero-order valence-electron chi connectivity index (χ0n) is 11.4. The number of methoxy groups -OCH3 is 1. The molecule has 0 bridgehead atoms. The topological polar surface area (TPSA) is 73.2 Å². The summed E-state index contributed by atoms with van der Waals surface area (Å²) in [6.45, 7) is 3.18. The number of nitrogens with zero attached hydrogens (tertiary/aromatic N) is 2. The average Bonchev–Trinajstić information content (AvgIpc) is 2.84. The lowest BCUT2D eigenvalue weighted by Crippen LogP contribution is -2.39. The molecule has 0 saturated carbocycles. The standard InChI is InChI=1S/C12H21N3O3S/c1-10(9-18-2)19(16,17)14-7-11-3-4-12-13-5-6-15(12)8-11/h5-6,10-11,14H,3-4,7-9H2,1-2H3. The molecule has 2 rings (SSSR count). The SMILES string of the molecule is COCC(C)S(=O)(=O)NCC1CCc2nccn2C1. The van der Waals surface area contributed by atoms with E-state index in [9.17, 15) is 8.42 Å². The van der Waals surface area contributed by atoms with Crippen LogP contribution < -0.4 is 4.72 Å². The molecular weight excluding hydrogens is 266 g/mol. The maximum atomic E-state index is 11.9. The van der Waals surface area contributed by atoms with E-state index in [1.54, 1.807) is 13.1 Å². The van der Waals surface area contributed by atoms with Crippen LogP contribution in [0, 0.1) is 5.92 Å². The molecular formula is C12H21N3O3S. The maximum Gasteiger partial charge on any atom is 0.216 e. The van der Waals surface area contributed by atoms with Crippen LogP contribution in [0.5, 0.6) is 0 Å². The van der Waals surface area contributed by atoms with E-state index < -0.39 is 15.3 Å². The minimum absolute atomic E-state index is 0.214. The molecule has 0 saturated heterocycles. The smallest absolute Gasteiger partial charge is 0.216 e. The molecule has 108 valence electrons. The Morgan fingerprint density at radius 2 is 2.42 bits per heavy atom. The van der Waals surface area contributed by atoms with Crippen LogP contribution in [-0.2, 0) is 27.7 Å². The van der Waals surface area contributed by atoms with Crippen molar-refractivity contribution in [2.45, 2.75) is 31.6 Å². The second-order valence-electron chi connectivity index (χ2n) is 5.06. The normalized spacial score (nSPS) is 21.1. The fraction of sp³-hybridized carbons (Fsp3) is 0.750. The number of fused-ring (bicyclic) bond motifs is 1. The second-order valence-corrected chi connectivity index (χ2v) is 7.24. The van der Waals surface area contributed by atoms with Gasteiger partial charge >= 0.3 is 0 Å². The molecule has 0 amide bonds. The van der Waals surface area contributed by atoms with Crippen LogP contribution in [0.15, 0.2) is 12.4 Å². The van der Waals surface area contributed by atoms with Crippen LogP contribution in [-0.4, -0.2) is 43.5 Å². The summed E-state index contributed by atoms with van der Waals surface area (Å²) < 4.78 is 33.6. The fourth-order valence-electron chi connectivity index (χ4n) is 2.30. The highest BCUT2D eigenvalue weighted by molar-refractivity contribution is 7.90. The third-order valence-electron chi connectivity index (χ3n) is 3.54. The highest BCUT2D eigenvalue weighted by atomic mass is 32.2. The molecule has 0 aliphatic carbocycles. The fourth-order valence-corrected chi connectivity index (χ4v) is 3.37. The first-order valence-electron chi connectivity index (χ1n) is 6.50. The Bertz CT molecular complexity index is 512. The van der Waals surface area contributed by atoms with Gasteiger partial charge < -0.3 is 9.30 Å². The maximum absolute atomic E-state index is 11.9. The number of aromatic nitrogens is 2. The zero-order valence-corrected chi connectivity index (χ0v) is 12.2. The van der Waals surface area contributed by atoms with Gasteiger partial charge in [-0.15, -0.1) is 0 Å². The van der Waals surface area contributed by atoms with Crippen molar-refractivity contribution in [2.75, 3.05) is 20.3 Å². The minimum atomic E-state index is -3.29. The van der Waals surface area contributed by atoms with Gasteiger partial charge in [0.1, 0.15) is 5.82 Å². The number of aryl methyl sites for hydroxylation is 1. The summed E-state index contributed by atoms with van der Waals surface area (Å²) in [6.07, 6.45) is 5.62. The Hall–Kier alpha value is -0.920. The number of rotatable bonds is 6. The molecule has 1 aromatic rings. The van der Waals surface area contributed by atoms with Crippen LogP contribution in [0.4, 0.5) is 0 Å². The molecule has 0 spiro atoms. The van der Waals surface area contributed by atoms with Crippen LogP contribution in [0.1, 0.15) is 19.2 Å². The summed E-state index contributed by atoms with van der Waals surface area (Å²) in [5.74, 6) is 1.41. The van der Waals surface area contributed by atoms with Gasteiger partial charge in [-0.05, 0) is 19.3 Å². The van der Waals surface area contributed by atoms with Crippen molar-refractivity contribution < 1.29 is 13.2 Å². The van der Waals surface area contributed by atoms with Crippen molar-refractivity contribution in [2.24, 2.45) is 5.92 Å². The van der Waals surface area contributed by atoms with Crippen LogP contribution in [0.2, 0.25) is 0 Å². The molecule has 0 radical (unpaired) electrons. The van der Waals surface area contributed by atoms with Gasteiger partial charge in [-0.25, -0.2) is 18.1 Å². The molecule has 6 nitrogen and oxygen atoms in total. The molecule has 0 fully saturated rings. The van der Waals surface area contributed by atoms with E-state index in [0.717, 1.165) is 25.2 Å². The lowest BCUT2D eigenvalue weighted by atomic mass is 10.00. The van der Waals surface area contributed by atoms with Gasteiger partial charge in [0.05, 0.1) is 11.9 Å². The van der Waals surface area contributed by atoms with Gasteiger partial charge in [0.15, 0.2) is 0 Å². The van der Waals surface area contributed by atoms with E-state index in [2.05, 4.69) is 14.3 Å². The van der Waals surface area contributed by atoms with Crippen molar-refractivity contribution in [1.29, 1.82) is 0 Å². The first-order chi connectivity index (χ1) is 9.03. The third kappa shape index (κ3) is 3.55. The highest BCUT2D eigenvalue weighted by Gasteiger charge is 2.24.